The van der Waals surface area contributed by atoms with Crippen molar-refractivity contribution in [1.82, 2.24) is 4.90 Å². The van der Waals surface area contributed by atoms with Crippen LogP contribution in [0.25, 0.3) is 0 Å². The van der Waals surface area contributed by atoms with Crippen molar-refractivity contribution >= 4 is 17.4 Å². The lowest BCUT2D eigenvalue weighted by atomic mass is 10.0. The van der Waals surface area contributed by atoms with Crippen molar-refractivity contribution in [3.8, 4) is 0 Å². The Morgan fingerprint density at radius 2 is 2.16 bits per heavy atom. The molecule has 100 valence electrons. The van der Waals surface area contributed by atoms with Gasteiger partial charge < -0.3 is 4.90 Å². The quantitative estimate of drug-likeness (QED) is 0.600. The average Bonchev–Trinajstić information content (AvgIpc) is 2.37. The Morgan fingerprint density at radius 1 is 1.42 bits per heavy atom. The number of Topliss-reactive ketones (excluding diaryl/α,β-unsaturated/α-hetero) is 1. The largest absolute Gasteiger partial charge is 0.331 e. The Bertz CT molecular complexity index is 554. The smallest absolute Gasteiger partial charge is 0.269 e. The summed E-state index contributed by atoms with van der Waals surface area (Å²) in [7, 11) is 0. The van der Waals surface area contributed by atoms with Crippen LogP contribution >= 0.6 is 0 Å². The van der Waals surface area contributed by atoms with Crippen LogP contribution in [0.2, 0.25) is 0 Å². The second-order valence-corrected chi connectivity index (χ2v) is 4.63. The van der Waals surface area contributed by atoms with Crippen LogP contribution in [0.1, 0.15) is 28.8 Å². The second-order valence-electron chi connectivity index (χ2n) is 4.63. The summed E-state index contributed by atoms with van der Waals surface area (Å²) < 4.78 is 0. The van der Waals surface area contributed by atoms with Gasteiger partial charge >= 0.3 is 0 Å². The highest BCUT2D eigenvalue weighted by Gasteiger charge is 2.24. The summed E-state index contributed by atoms with van der Waals surface area (Å²) in [6, 6.07) is 4.14. The maximum atomic E-state index is 12.3. The molecule has 1 fully saturated rings. The van der Waals surface area contributed by atoms with Crippen LogP contribution in [0.3, 0.4) is 0 Å². The van der Waals surface area contributed by atoms with E-state index in [1.54, 1.807) is 6.92 Å². The van der Waals surface area contributed by atoms with Gasteiger partial charge in [0.2, 0.25) is 0 Å². The van der Waals surface area contributed by atoms with Gasteiger partial charge in [0.05, 0.1) is 11.5 Å². The molecule has 1 amide bonds. The predicted molar refractivity (Wildman–Crippen MR) is 68.0 cm³/mol. The van der Waals surface area contributed by atoms with Crippen LogP contribution in [-0.4, -0.2) is 34.6 Å². The fourth-order valence-corrected chi connectivity index (χ4v) is 2.18. The molecule has 0 bridgehead atoms. The number of benzene rings is 1. The van der Waals surface area contributed by atoms with E-state index in [0.717, 1.165) is 0 Å². The van der Waals surface area contributed by atoms with E-state index < -0.39 is 4.92 Å². The maximum absolute atomic E-state index is 12.3. The number of rotatable bonds is 2. The van der Waals surface area contributed by atoms with Gasteiger partial charge in [0, 0.05) is 30.7 Å². The van der Waals surface area contributed by atoms with E-state index in [1.807, 2.05) is 0 Å². The van der Waals surface area contributed by atoms with Gasteiger partial charge in [-0.05, 0) is 25.0 Å². The number of carbonyl (C=O) groups excluding carboxylic acids is 2. The number of nitro groups is 1. The minimum atomic E-state index is -0.494. The summed E-state index contributed by atoms with van der Waals surface area (Å²) in [5, 5.41) is 10.6. The first-order valence-electron chi connectivity index (χ1n) is 6.05. The van der Waals surface area contributed by atoms with Gasteiger partial charge in [-0.3, -0.25) is 19.7 Å². The Hall–Kier alpha value is -2.24. The number of aryl methyl sites for hydroxylation is 1. The van der Waals surface area contributed by atoms with Crippen molar-refractivity contribution in [1.29, 1.82) is 0 Å². The lowest BCUT2D eigenvalue weighted by molar-refractivity contribution is -0.384. The van der Waals surface area contributed by atoms with Crippen LogP contribution < -0.4 is 0 Å². The third-order valence-electron chi connectivity index (χ3n) is 3.19. The molecule has 0 spiro atoms. The molecule has 0 unspecified atom stereocenters. The fraction of sp³-hybridized carbons (Fsp3) is 0.385. The Labute approximate surface area is 110 Å². The number of nitro benzene ring substituents is 1. The molecule has 1 aromatic rings. The number of nitrogens with zero attached hydrogens (tertiary/aromatic N) is 2. The molecule has 1 aromatic carbocycles. The SMILES string of the molecule is Cc1cc([N+](=O)[O-])ccc1C(=O)N1CCCC(=O)C1. The number of piperidine rings is 1. The van der Waals surface area contributed by atoms with E-state index in [2.05, 4.69) is 0 Å². The van der Waals surface area contributed by atoms with Gasteiger partial charge in [-0.1, -0.05) is 0 Å². The van der Waals surface area contributed by atoms with E-state index in [4.69, 9.17) is 0 Å². The van der Waals surface area contributed by atoms with Gasteiger partial charge in [0.25, 0.3) is 11.6 Å². The molecule has 6 heteroatoms. The zero-order valence-corrected chi connectivity index (χ0v) is 10.6. The van der Waals surface area contributed by atoms with E-state index >= 15 is 0 Å². The lowest BCUT2D eigenvalue weighted by Crippen LogP contribution is -2.40. The lowest BCUT2D eigenvalue weighted by Gasteiger charge is -2.26. The standard InChI is InChI=1S/C13H14N2O4/c1-9-7-10(15(18)19)4-5-12(9)13(17)14-6-2-3-11(16)8-14/h4-5,7H,2-3,6,8H2,1H3. The normalized spacial score (nSPS) is 15.4. The predicted octanol–water partition coefficient (Wildman–Crippen LogP) is 1.71. The molecule has 0 aromatic heterocycles. The van der Waals surface area contributed by atoms with Gasteiger partial charge in [0.1, 0.15) is 0 Å². The van der Waals surface area contributed by atoms with Crippen LogP contribution in [-0.2, 0) is 4.79 Å². The molecular weight excluding hydrogens is 248 g/mol. The molecule has 0 aliphatic carbocycles. The molecule has 1 aliphatic rings. The van der Waals surface area contributed by atoms with Crippen LogP contribution in [0.5, 0.6) is 0 Å². The molecule has 0 radical (unpaired) electrons. The topological polar surface area (TPSA) is 80.5 Å². The third-order valence-corrected chi connectivity index (χ3v) is 3.19. The van der Waals surface area contributed by atoms with Crippen LogP contribution in [0.4, 0.5) is 5.69 Å². The fourth-order valence-electron chi connectivity index (χ4n) is 2.18. The molecular formula is C13H14N2O4. The highest BCUT2D eigenvalue weighted by molar-refractivity contribution is 5.98. The van der Waals surface area contributed by atoms with E-state index in [-0.39, 0.29) is 23.9 Å². The highest BCUT2D eigenvalue weighted by atomic mass is 16.6. The number of amides is 1. The third kappa shape index (κ3) is 2.78. The van der Waals surface area contributed by atoms with E-state index in [0.29, 0.717) is 30.5 Å². The monoisotopic (exact) mass is 262 g/mol. The molecule has 0 atom stereocenters. The molecule has 19 heavy (non-hydrogen) atoms. The molecule has 1 saturated heterocycles. The number of hydrogen-bond donors (Lipinski definition) is 0. The zero-order chi connectivity index (χ0) is 14.0. The Morgan fingerprint density at radius 3 is 2.74 bits per heavy atom. The molecule has 2 rings (SSSR count). The summed E-state index contributed by atoms with van der Waals surface area (Å²) in [6.07, 6.45) is 1.19. The van der Waals surface area contributed by atoms with Crippen molar-refractivity contribution < 1.29 is 14.5 Å². The summed E-state index contributed by atoms with van der Waals surface area (Å²) >= 11 is 0. The summed E-state index contributed by atoms with van der Waals surface area (Å²) in [5.41, 5.74) is 0.932. The van der Waals surface area contributed by atoms with Gasteiger partial charge in [-0.25, -0.2) is 0 Å². The highest BCUT2D eigenvalue weighted by Crippen LogP contribution is 2.19. The van der Waals surface area contributed by atoms with Gasteiger partial charge in [-0.2, -0.15) is 0 Å². The van der Waals surface area contributed by atoms with E-state index in [9.17, 15) is 19.7 Å². The minimum Gasteiger partial charge on any atom is -0.331 e. The van der Waals surface area contributed by atoms with Crippen molar-refractivity contribution in [3.05, 3.63) is 39.4 Å². The van der Waals surface area contributed by atoms with Gasteiger partial charge in [-0.15, -0.1) is 0 Å². The Kier molecular flexibility index (Phi) is 3.59. The van der Waals surface area contributed by atoms with Gasteiger partial charge in [0.15, 0.2) is 5.78 Å². The van der Waals surface area contributed by atoms with E-state index in [1.165, 1.54) is 23.1 Å². The zero-order valence-electron chi connectivity index (χ0n) is 10.6. The maximum Gasteiger partial charge on any atom is 0.269 e. The number of likely N-dealkylation sites (tertiary alicyclic amines) is 1. The number of non-ortho nitro benzene ring substituents is 1. The molecule has 6 nitrogen and oxygen atoms in total. The first-order valence-corrected chi connectivity index (χ1v) is 6.05. The Balaban J connectivity index is 2.24. The molecule has 0 N–H and O–H groups in total. The first-order chi connectivity index (χ1) is 8.99. The molecule has 1 heterocycles. The van der Waals surface area contributed by atoms with Crippen molar-refractivity contribution in [2.45, 2.75) is 19.8 Å². The van der Waals surface area contributed by atoms with Crippen LogP contribution in [0.15, 0.2) is 18.2 Å². The molecule has 0 saturated carbocycles. The average molecular weight is 262 g/mol. The summed E-state index contributed by atoms with van der Waals surface area (Å²) in [4.78, 5) is 35.3. The summed E-state index contributed by atoms with van der Waals surface area (Å²) in [6.45, 7) is 2.35. The van der Waals surface area contributed by atoms with Crippen molar-refractivity contribution in [2.75, 3.05) is 13.1 Å². The summed E-state index contributed by atoms with van der Waals surface area (Å²) in [5.74, 6) is -0.181. The second kappa shape index (κ2) is 5.17. The minimum absolute atomic E-state index is 0.0382. The number of hydrogen-bond acceptors (Lipinski definition) is 4. The van der Waals surface area contributed by atoms with Crippen LogP contribution in [0, 0.1) is 17.0 Å². The number of carbonyl (C=O) groups is 2. The molecule has 1 aliphatic heterocycles. The van der Waals surface area contributed by atoms with Crippen molar-refractivity contribution in [3.63, 3.8) is 0 Å². The van der Waals surface area contributed by atoms with Crippen molar-refractivity contribution in [2.24, 2.45) is 0 Å². The number of ketones is 1. The first kappa shape index (κ1) is 13.2.